The van der Waals surface area contributed by atoms with Crippen molar-refractivity contribution < 1.29 is 14.6 Å². The third-order valence-corrected chi connectivity index (χ3v) is 2.90. The number of carboxylic acid groups (broad SMARTS) is 1. The molecule has 7 nitrogen and oxygen atoms in total. The van der Waals surface area contributed by atoms with Gasteiger partial charge in [-0.25, -0.2) is 20.2 Å². The molecule has 0 saturated carbocycles. The van der Waals surface area contributed by atoms with E-state index in [0.29, 0.717) is 11.7 Å². The fourth-order valence-corrected chi connectivity index (χ4v) is 1.83. The number of aliphatic carboxylic acids is 1. The molecule has 23 heavy (non-hydrogen) atoms. The van der Waals surface area contributed by atoms with Gasteiger partial charge in [-0.1, -0.05) is 0 Å². The van der Waals surface area contributed by atoms with Crippen molar-refractivity contribution in [3.63, 3.8) is 0 Å². The number of nitrogens with zero attached hydrogens (tertiary/aromatic N) is 3. The lowest BCUT2D eigenvalue weighted by Crippen LogP contribution is -2.22. The van der Waals surface area contributed by atoms with Crippen LogP contribution in [0.25, 0.3) is 0 Å². The predicted octanol–water partition coefficient (Wildman–Crippen LogP) is 2.39. The second-order valence-corrected chi connectivity index (χ2v) is 5.01. The van der Waals surface area contributed by atoms with Gasteiger partial charge in [0, 0.05) is 11.4 Å². The summed E-state index contributed by atoms with van der Waals surface area (Å²) in [4.78, 5) is 19.2. The van der Waals surface area contributed by atoms with Crippen molar-refractivity contribution in [2.24, 2.45) is 5.10 Å². The fourth-order valence-electron chi connectivity index (χ4n) is 1.83. The van der Waals surface area contributed by atoms with E-state index in [4.69, 9.17) is 9.84 Å². The molecule has 0 fully saturated rings. The highest BCUT2D eigenvalue weighted by Gasteiger charge is 2.11. The van der Waals surface area contributed by atoms with Crippen molar-refractivity contribution in [3.05, 3.63) is 47.3 Å². The molecule has 2 aromatic rings. The Hall–Kier alpha value is -2.96. The van der Waals surface area contributed by atoms with Gasteiger partial charge in [0.15, 0.2) is 6.10 Å². The third kappa shape index (κ3) is 5.06. The number of hydrogen-bond donors (Lipinski definition) is 2. The van der Waals surface area contributed by atoms with Crippen molar-refractivity contribution in [2.75, 3.05) is 5.43 Å². The minimum atomic E-state index is -1.01. The van der Waals surface area contributed by atoms with Crippen LogP contribution in [0.4, 0.5) is 5.95 Å². The zero-order valence-electron chi connectivity index (χ0n) is 13.1. The third-order valence-electron chi connectivity index (χ3n) is 2.90. The number of carboxylic acids is 1. The van der Waals surface area contributed by atoms with Crippen LogP contribution in [-0.2, 0) is 4.79 Å². The second-order valence-electron chi connectivity index (χ2n) is 5.01. The SMILES string of the molecule is Cc1cc(C)nc(N/N=C\c2ccc(O[C@H](C)C(=O)O)cc2)n1. The van der Waals surface area contributed by atoms with E-state index in [2.05, 4.69) is 20.5 Å². The zero-order chi connectivity index (χ0) is 16.8. The molecule has 0 unspecified atom stereocenters. The van der Waals surface area contributed by atoms with E-state index in [1.165, 1.54) is 6.92 Å². The molecule has 0 aliphatic rings. The number of aromatic nitrogens is 2. The van der Waals surface area contributed by atoms with Gasteiger partial charge in [0.05, 0.1) is 6.21 Å². The van der Waals surface area contributed by atoms with Gasteiger partial charge in [-0.2, -0.15) is 5.10 Å². The maximum absolute atomic E-state index is 10.7. The van der Waals surface area contributed by atoms with Crippen LogP contribution in [0.3, 0.4) is 0 Å². The summed E-state index contributed by atoms with van der Waals surface area (Å²) >= 11 is 0. The smallest absolute Gasteiger partial charge is 0.344 e. The molecule has 1 aromatic heterocycles. The molecule has 1 atom stereocenters. The summed E-state index contributed by atoms with van der Waals surface area (Å²) in [5, 5.41) is 12.9. The lowest BCUT2D eigenvalue weighted by Gasteiger charge is -2.09. The molecule has 0 bridgehead atoms. The fraction of sp³-hybridized carbons (Fsp3) is 0.250. The monoisotopic (exact) mass is 314 g/mol. The Bertz CT molecular complexity index is 694. The van der Waals surface area contributed by atoms with Crippen molar-refractivity contribution >= 4 is 18.1 Å². The Morgan fingerprint density at radius 3 is 2.43 bits per heavy atom. The molecule has 2 N–H and O–H groups in total. The number of carbonyl (C=O) groups is 1. The quantitative estimate of drug-likeness (QED) is 0.628. The van der Waals surface area contributed by atoms with Crippen LogP contribution in [0, 0.1) is 13.8 Å². The first-order valence-electron chi connectivity index (χ1n) is 7.05. The molecule has 1 aromatic carbocycles. The number of hydrazone groups is 1. The van der Waals surface area contributed by atoms with E-state index in [1.54, 1.807) is 30.5 Å². The van der Waals surface area contributed by atoms with Gasteiger partial charge < -0.3 is 9.84 Å². The Kier molecular flexibility index (Phi) is 5.24. The van der Waals surface area contributed by atoms with Gasteiger partial charge in [-0.3, -0.25) is 0 Å². The van der Waals surface area contributed by atoms with Gasteiger partial charge in [0.1, 0.15) is 5.75 Å². The molecule has 0 radical (unpaired) electrons. The minimum Gasteiger partial charge on any atom is -0.479 e. The molecule has 0 aliphatic heterocycles. The summed E-state index contributed by atoms with van der Waals surface area (Å²) < 4.78 is 5.25. The number of nitrogens with one attached hydrogen (secondary N) is 1. The first kappa shape index (κ1) is 16.4. The Balaban J connectivity index is 1.96. The summed E-state index contributed by atoms with van der Waals surface area (Å²) in [6.07, 6.45) is 0.726. The van der Waals surface area contributed by atoms with Gasteiger partial charge in [-0.05, 0) is 56.7 Å². The Morgan fingerprint density at radius 1 is 1.26 bits per heavy atom. The van der Waals surface area contributed by atoms with Crippen LogP contribution < -0.4 is 10.2 Å². The minimum absolute atomic E-state index is 0.439. The van der Waals surface area contributed by atoms with E-state index in [0.717, 1.165) is 17.0 Å². The van der Waals surface area contributed by atoms with Crippen molar-refractivity contribution in [2.45, 2.75) is 26.9 Å². The van der Waals surface area contributed by atoms with Crippen LogP contribution in [0.2, 0.25) is 0 Å². The highest BCUT2D eigenvalue weighted by atomic mass is 16.5. The van der Waals surface area contributed by atoms with Crippen molar-refractivity contribution in [1.82, 2.24) is 9.97 Å². The average Bonchev–Trinajstić information content (AvgIpc) is 2.48. The first-order chi connectivity index (χ1) is 10.9. The van der Waals surface area contributed by atoms with Crippen molar-refractivity contribution in [3.8, 4) is 5.75 Å². The zero-order valence-corrected chi connectivity index (χ0v) is 13.1. The topological polar surface area (TPSA) is 96.7 Å². The molecular weight excluding hydrogens is 296 g/mol. The molecule has 0 saturated heterocycles. The predicted molar refractivity (Wildman–Crippen MR) is 86.9 cm³/mol. The molecule has 1 heterocycles. The lowest BCUT2D eigenvalue weighted by atomic mass is 10.2. The lowest BCUT2D eigenvalue weighted by molar-refractivity contribution is -0.144. The van der Waals surface area contributed by atoms with Crippen LogP contribution in [0.15, 0.2) is 35.4 Å². The van der Waals surface area contributed by atoms with E-state index in [9.17, 15) is 4.79 Å². The molecular formula is C16H18N4O3. The molecule has 7 heteroatoms. The summed E-state index contributed by atoms with van der Waals surface area (Å²) in [5.41, 5.74) is 5.34. The molecule has 2 rings (SSSR count). The molecule has 0 aliphatic carbocycles. The first-order valence-corrected chi connectivity index (χ1v) is 7.05. The van der Waals surface area contributed by atoms with E-state index < -0.39 is 12.1 Å². The number of rotatable bonds is 6. The maximum Gasteiger partial charge on any atom is 0.344 e. The van der Waals surface area contributed by atoms with Crippen LogP contribution in [0.5, 0.6) is 5.75 Å². The molecule has 0 spiro atoms. The summed E-state index contributed by atoms with van der Waals surface area (Å²) in [6, 6.07) is 8.81. The van der Waals surface area contributed by atoms with E-state index in [-0.39, 0.29) is 0 Å². The van der Waals surface area contributed by atoms with Gasteiger partial charge in [0.25, 0.3) is 0 Å². The summed E-state index contributed by atoms with van der Waals surface area (Å²) in [7, 11) is 0. The summed E-state index contributed by atoms with van der Waals surface area (Å²) in [5.74, 6) is -0.0788. The van der Waals surface area contributed by atoms with Crippen LogP contribution in [-0.4, -0.2) is 33.4 Å². The second kappa shape index (κ2) is 7.35. The number of hydrogen-bond acceptors (Lipinski definition) is 6. The van der Waals surface area contributed by atoms with Gasteiger partial charge in [-0.15, -0.1) is 0 Å². The van der Waals surface area contributed by atoms with E-state index in [1.807, 2.05) is 19.9 Å². The standard InChI is InChI=1S/C16H18N4O3/c1-10-8-11(2)19-16(18-10)20-17-9-13-4-6-14(7-5-13)23-12(3)15(21)22/h4-9,12H,1-3H3,(H,21,22)(H,18,19,20)/b17-9-/t12-/m1/s1. The highest BCUT2D eigenvalue weighted by Crippen LogP contribution is 2.13. The number of aryl methyl sites for hydroxylation is 2. The Morgan fingerprint density at radius 2 is 1.87 bits per heavy atom. The number of ether oxygens (including phenoxy) is 1. The normalized spacial score (nSPS) is 12.1. The van der Waals surface area contributed by atoms with Crippen LogP contribution in [0.1, 0.15) is 23.9 Å². The van der Waals surface area contributed by atoms with Crippen molar-refractivity contribution in [1.29, 1.82) is 0 Å². The van der Waals surface area contributed by atoms with Gasteiger partial charge in [0.2, 0.25) is 5.95 Å². The van der Waals surface area contributed by atoms with E-state index >= 15 is 0 Å². The van der Waals surface area contributed by atoms with Crippen LogP contribution >= 0.6 is 0 Å². The van der Waals surface area contributed by atoms with Gasteiger partial charge >= 0.3 is 5.97 Å². The summed E-state index contributed by atoms with van der Waals surface area (Å²) in [6.45, 7) is 5.26. The average molecular weight is 314 g/mol. The number of anilines is 1. The molecule has 120 valence electrons. The largest absolute Gasteiger partial charge is 0.479 e. The highest BCUT2D eigenvalue weighted by molar-refractivity contribution is 5.80. The Labute approximate surface area is 134 Å². The molecule has 0 amide bonds. The number of benzene rings is 1. The maximum atomic E-state index is 10.7.